The van der Waals surface area contributed by atoms with Crippen LogP contribution < -0.4 is 4.74 Å². The van der Waals surface area contributed by atoms with Crippen LogP contribution in [0.3, 0.4) is 0 Å². The Morgan fingerprint density at radius 2 is 1.04 bits per heavy atom. The summed E-state index contributed by atoms with van der Waals surface area (Å²) in [6.07, 6.45) is 3.67. The van der Waals surface area contributed by atoms with Crippen LogP contribution in [-0.2, 0) is 48.1 Å². The summed E-state index contributed by atoms with van der Waals surface area (Å²) in [5, 5.41) is 2.42. The minimum absolute atomic E-state index is 0.0449. The van der Waals surface area contributed by atoms with Crippen molar-refractivity contribution in [2.45, 2.75) is 105 Å². The molecule has 11 aromatic rings. The Morgan fingerprint density at radius 3 is 1.65 bits per heavy atom. The molecule has 0 atom stereocenters. The third-order valence-corrected chi connectivity index (χ3v) is 15.0. The second kappa shape index (κ2) is 18.1. The number of aromatic nitrogens is 5. The van der Waals surface area contributed by atoms with E-state index in [1.807, 2.05) is 18.5 Å². The Hall–Kier alpha value is -6.75. The predicted molar refractivity (Wildman–Crippen MR) is 297 cm³/mol. The molecule has 0 saturated heterocycles. The van der Waals surface area contributed by atoms with E-state index in [1.165, 1.54) is 60.8 Å². The fraction of sp³-hybridized carbons (Fsp3) is 0.262. The van der Waals surface area contributed by atoms with Gasteiger partial charge in [-0.25, -0.2) is 0 Å². The van der Waals surface area contributed by atoms with Crippen LogP contribution in [0.4, 0.5) is 0 Å². The molecule has 6 nitrogen and oxygen atoms in total. The van der Waals surface area contributed by atoms with Gasteiger partial charge >= 0.3 is 371 Å². The van der Waals surface area contributed by atoms with Crippen molar-refractivity contribution < 1.29 is 24.1 Å². The summed E-state index contributed by atoms with van der Waals surface area (Å²) in [5.41, 5.74) is 18.7. The molecule has 0 aliphatic carbocycles. The van der Waals surface area contributed by atoms with Gasteiger partial charge in [-0.05, 0) is 23.1 Å². The van der Waals surface area contributed by atoms with Crippen molar-refractivity contribution in [2.75, 3.05) is 0 Å². The fourth-order valence-corrected chi connectivity index (χ4v) is 10.9. The van der Waals surface area contributed by atoms with Crippen LogP contribution in [0.5, 0.6) is 11.5 Å². The number of H-pyrrole nitrogens is 1. The maximum atomic E-state index is 6.66. The Balaban J connectivity index is 0.000000535. The van der Waals surface area contributed by atoms with Crippen molar-refractivity contribution in [1.29, 1.82) is 0 Å². The fourth-order valence-electron chi connectivity index (χ4n) is 9.83. The molecule has 11 rings (SSSR count). The van der Waals surface area contributed by atoms with Crippen molar-refractivity contribution >= 4 is 43.9 Å². The molecule has 7 aromatic carbocycles. The zero-order valence-electron chi connectivity index (χ0n) is 43.9. The molecule has 0 unspecified atom stereocenters. The van der Waals surface area contributed by atoms with Crippen molar-refractivity contribution in [3.8, 4) is 45.1 Å². The Kier molecular flexibility index (Phi) is 12.3. The van der Waals surface area contributed by atoms with E-state index in [9.17, 15) is 0 Å². The topological polar surface area (TPSA) is 52.7 Å². The molecule has 7 heteroatoms. The summed E-state index contributed by atoms with van der Waals surface area (Å²) < 4.78 is 14.7. The second-order valence-electron chi connectivity index (χ2n) is 23.4. The average molecular weight is 1130 g/mol. The van der Waals surface area contributed by atoms with E-state index in [2.05, 4.69) is 279 Å². The molecule has 0 fully saturated rings. The number of pyridine rings is 1. The van der Waals surface area contributed by atoms with Gasteiger partial charge in [-0.2, -0.15) is 0 Å². The first-order chi connectivity index (χ1) is 34.1. The first-order valence-corrected chi connectivity index (χ1v) is 26.1. The van der Waals surface area contributed by atoms with Crippen molar-refractivity contribution in [3.05, 3.63) is 190 Å². The summed E-state index contributed by atoms with van der Waals surface area (Å²) in [6, 6.07) is 57.7. The van der Waals surface area contributed by atoms with Gasteiger partial charge in [0.15, 0.2) is 0 Å². The summed E-state index contributed by atoms with van der Waals surface area (Å²) in [7, 11) is 2.12. The maximum absolute atomic E-state index is 6.66. The van der Waals surface area contributed by atoms with Crippen LogP contribution in [0.1, 0.15) is 105 Å². The number of aryl methyl sites for hydroxylation is 1. The molecule has 1 N–H and O–H groups in total. The van der Waals surface area contributed by atoms with E-state index >= 15 is 0 Å². The molecule has 4 aromatic heterocycles. The number of benzene rings is 7. The minimum atomic E-state index is -0.0977. The number of imidazole rings is 1. The molecular weight excluding hydrogens is 1060 g/mol. The van der Waals surface area contributed by atoms with Gasteiger partial charge in [0.1, 0.15) is 0 Å². The molecule has 72 heavy (non-hydrogen) atoms. The Morgan fingerprint density at radius 1 is 0.486 bits per heavy atom. The van der Waals surface area contributed by atoms with Crippen LogP contribution >= 0.6 is 0 Å². The summed E-state index contributed by atoms with van der Waals surface area (Å²) in [4.78, 5) is 7.53. The van der Waals surface area contributed by atoms with Gasteiger partial charge in [0.2, 0.25) is 0 Å². The summed E-state index contributed by atoms with van der Waals surface area (Å²) >= 11 is 2.53. The van der Waals surface area contributed by atoms with Gasteiger partial charge in [-0.1, -0.05) is 26.8 Å². The second-order valence-corrected chi connectivity index (χ2v) is 24.4. The number of hydrogen-bond acceptors (Lipinski definition) is 2. The average Bonchev–Trinajstić information content (AvgIpc) is 3.97. The number of rotatable bonds is 6. The van der Waals surface area contributed by atoms with Crippen molar-refractivity contribution in [1.82, 2.24) is 23.7 Å². The van der Waals surface area contributed by atoms with Gasteiger partial charge in [0.05, 0.1) is 0 Å². The SMILES string of the molecule is CC(C)(C)c1ccncc1.Cn1c2cc(Oc3[c-]c(-n4[c](=[Pt])n(-c5c(-c6ccccc6)cc(C(C)(C)C)cc5-c5cc(C(C)(C)C)cc(C(C)(C)C)c5)c5ccccc54)ccc3)[c-]c3[nH]c4cccc1c4c32. The van der Waals surface area contributed by atoms with Gasteiger partial charge in [0.25, 0.3) is 0 Å². The number of aromatic amines is 1. The monoisotopic (exact) mass is 1130 g/mol. The molecule has 368 valence electrons. The third-order valence-electron chi connectivity index (χ3n) is 14.0. The molecule has 0 aliphatic heterocycles. The first-order valence-electron chi connectivity index (χ1n) is 25.0. The summed E-state index contributed by atoms with van der Waals surface area (Å²) in [6.45, 7) is 27.5. The molecule has 4 heterocycles. The van der Waals surface area contributed by atoms with Crippen LogP contribution in [0.15, 0.2) is 152 Å². The molecule has 0 saturated carbocycles. The number of fused-ring (bicyclic) bond motifs is 1. The normalized spacial score (nSPS) is 12.6. The predicted octanol–water partition coefficient (Wildman–Crippen LogP) is 17.1. The molecule has 0 spiro atoms. The number of nitrogens with zero attached hydrogens (tertiary/aromatic N) is 4. The summed E-state index contributed by atoms with van der Waals surface area (Å²) in [5.74, 6) is 1.26. The van der Waals surface area contributed by atoms with E-state index in [4.69, 9.17) is 4.74 Å². The van der Waals surface area contributed by atoms with Crippen LogP contribution in [0, 0.1) is 15.9 Å². The quantitative estimate of drug-likeness (QED) is 0.169. The zero-order valence-corrected chi connectivity index (χ0v) is 46.2. The first kappa shape index (κ1) is 48.9. The molecule has 0 amide bonds. The van der Waals surface area contributed by atoms with Gasteiger partial charge in [-0.3, -0.25) is 4.98 Å². The molecular formula is C65H65N5OPt-2. The van der Waals surface area contributed by atoms with E-state index in [1.54, 1.807) is 0 Å². The van der Waals surface area contributed by atoms with Gasteiger partial charge in [0, 0.05) is 12.4 Å². The number of hydrogen-bond donors (Lipinski definition) is 1. The number of ether oxygens (including phenoxy) is 1. The van der Waals surface area contributed by atoms with Crippen molar-refractivity contribution in [2.24, 2.45) is 7.05 Å². The zero-order chi connectivity index (χ0) is 51.1. The molecule has 0 aliphatic rings. The van der Waals surface area contributed by atoms with Crippen molar-refractivity contribution in [3.63, 3.8) is 0 Å². The van der Waals surface area contributed by atoms with E-state index in [0.29, 0.717) is 11.5 Å². The van der Waals surface area contributed by atoms with E-state index in [0.717, 1.165) is 42.8 Å². The molecule has 0 radical (unpaired) electrons. The van der Waals surface area contributed by atoms with Gasteiger partial charge in [-0.15, -0.1) is 0 Å². The van der Waals surface area contributed by atoms with Crippen LogP contribution in [0.2, 0.25) is 0 Å². The van der Waals surface area contributed by atoms with Crippen LogP contribution in [-0.4, -0.2) is 23.7 Å². The van der Waals surface area contributed by atoms with Crippen LogP contribution in [0.25, 0.3) is 77.5 Å². The van der Waals surface area contributed by atoms with E-state index in [-0.39, 0.29) is 21.7 Å². The van der Waals surface area contributed by atoms with Gasteiger partial charge < -0.3 is 0 Å². The third kappa shape index (κ3) is 9.08. The standard InChI is InChI=1S/C56H52N4O.C9H13N.Pt/c1-54(2,3)37-26-36(27-38(28-37)55(4,5)6)44-30-39(56(7,8)9)29-43(35-18-12-11-13-19-35)53(44)60-34-59(47-23-14-15-24-48(47)60)40-20-16-21-41(31-40)61-42-32-46-52-50(33-42)58(10)49-25-17-22-45(57-46)51(49)52;1-9(2,3)8-4-6-10-7-5-8;/h11-30,33,57H,1-10H3;4-7H,1-3H3;/q-2;;. The Labute approximate surface area is 436 Å². The molecule has 0 bridgehead atoms. The number of nitrogens with one attached hydrogen (secondary N) is 1. The van der Waals surface area contributed by atoms with E-state index < -0.39 is 0 Å². The Bertz CT molecular complexity index is 3810. The number of para-hydroxylation sites is 2.